The van der Waals surface area contributed by atoms with Crippen molar-refractivity contribution in [2.45, 2.75) is 19.6 Å². The minimum atomic E-state index is -0.884. The highest BCUT2D eigenvalue weighted by molar-refractivity contribution is 5.50. The van der Waals surface area contributed by atoms with E-state index >= 15 is 0 Å². The topological polar surface area (TPSA) is 62.5 Å². The lowest BCUT2D eigenvalue weighted by atomic mass is 10.1. The predicted molar refractivity (Wildman–Crippen MR) is 94.0 cm³/mol. The summed E-state index contributed by atoms with van der Waals surface area (Å²) in [6.45, 7) is 5.92. The largest absolute Gasteiger partial charge is 0.387 e. The number of anilines is 1. The number of nitrogens with zero attached hydrogens (tertiary/aromatic N) is 3. The molecule has 0 saturated carbocycles. The number of benzene rings is 1. The quantitative estimate of drug-likeness (QED) is 0.829. The molecule has 0 amide bonds. The predicted octanol–water partition coefficient (Wildman–Crippen LogP) is 1.53. The van der Waals surface area contributed by atoms with Crippen molar-refractivity contribution in [3.8, 4) is 0 Å². The molecule has 1 aromatic heterocycles. The maximum Gasteiger partial charge on any atom is 0.131 e. The van der Waals surface area contributed by atoms with E-state index in [4.69, 9.17) is 4.74 Å². The zero-order valence-corrected chi connectivity index (χ0v) is 14.7. The van der Waals surface area contributed by atoms with Crippen molar-refractivity contribution in [3.63, 3.8) is 0 Å². The molecule has 0 radical (unpaired) electrons. The number of ether oxygens (including phenoxy) is 1. The Hall–Kier alpha value is -1.96. The van der Waals surface area contributed by atoms with Crippen LogP contribution in [0.4, 0.5) is 10.2 Å². The highest BCUT2D eigenvalue weighted by Gasteiger charge is 2.21. The second kappa shape index (κ2) is 7.95. The highest BCUT2D eigenvalue weighted by Crippen LogP contribution is 2.24. The summed E-state index contributed by atoms with van der Waals surface area (Å²) in [5, 5.41) is 18.0. The number of nitrogens with one attached hydrogen (secondary N) is 1. The van der Waals surface area contributed by atoms with Gasteiger partial charge in [0.2, 0.25) is 0 Å². The van der Waals surface area contributed by atoms with Gasteiger partial charge in [-0.25, -0.2) is 4.39 Å². The molecule has 1 aliphatic heterocycles. The van der Waals surface area contributed by atoms with E-state index in [0.29, 0.717) is 25.3 Å². The summed E-state index contributed by atoms with van der Waals surface area (Å²) in [5.74, 6) is 0.692. The fourth-order valence-corrected chi connectivity index (χ4v) is 3.26. The number of rotatable bonds is 6. The fraction of sp³-hybridized carbons (Fsp3) is 0.500. The van der Waals surface area contributed by atoms with Crippen LogP contribution in [0.2, 0.25) is 0 Å². The van der Waals surface area contributed by atoms with Crippen molar-refractivity contribution in [2.75, 3.05) is 37.7 Å². The molecule has 0 bridgehead atoms. The van der Waals surface area contributed by atoms with E-state index in [1.807, 2.05) is 18.7 Å². The van der Waals surface area contributed by atoms with Gasteiger partial charge in [0, 0.05) is 44.4 Å². The Morgan fingerprint density at radius 2 is 2.04 bits per heavy atom. The lowest BCUT2D eigenvalue weighted by Crippen LogP contribution is -2.38. The number of morpholine rings is 1. The monoisotopic (exact) mass is 348 g/mol. The van der Waals surface area contributed by atoms with Gasteiger partial charge in [-0.2, -0.15) is 5.10 Å². The number of hydrogen-bond donors (Lipinski definition) is 2. The first kappa shape index (κ1) is 17.8. The van der Waals surface area contributed by atoms with Crippen molar-refractivity contribution in [1.82, 2.24) is 15.1 Å². The summed E-state index contributed by atoms with van der Waals surface area (Å²) in [6.07, 6.45) is -0.884. The summed E-state index contributed by atoms with van der Waals surface area (Å²) < 4.78 is 21.1. The molecular formula is C18H25FN4O2. The molecule has 0 aliphatic carbocycles. The Morgan fingerprint density at radius 1 is 1.32 bits per heavy atom. The van der Waals surface area contributed by atoms with E-state index in [0.717, 1.165) is 30.2 Å². The van der Waals surface area contributed by atoms with E-state index < -0.39 is 6.10 Å². The maximum atomic E-state index is 13.7. The Morgan fingerprint density at radius 3 is 2.76 bits per heavy atom. The first-order chi connectivity index (χ1) is 12.1. The molecule has 1 saturated heterocycles. The van der Waals surface area contributed by atoms with Gasteiger partial charge in [0.05, 0.1) is 25.0 Å². The summed E-state index contributed by atoms with van der Waals surface area (Å²) >= 11 is 0. The SMILES string of the molecule is Cc1nn(C)c(N2CCOCC2)c1CNCC(O)c1ccccc1F. The molecule has 0 spiro atoms. The van der Waals surface area contributed by atoms with Crippen LogP contribution < -0.4 is 10.2 Å². The molecule has 7 heteroatoms. The second-order valence-corrected chi connectivity index (χ2v) is 6.28. The van der Waals surface area contributed by atoms with Crippen LogP contribution in [0.5, 0.6) is 0 Å². The molecule has 2 N–H and O–H groups in total. The maximum absolute atomic E-state index is 13.7. The number of aliphatic hydroxyl groups is 1. The van der Waals surface area contributed by atoms with Crippen LogP contribution in [0.25, 0.3) is 0 Å². The molecule has 1 aliphatic rings. The minimum Gasteiger partial charge on any atom is -0.387 e. The van der Waals surface area contributed by atoms with Gasteiger partial charge in [-0.15, -0.1) is 0 Å². The van der Waals surface area contributed by atoms with Gasteiger partial charge in [-0.05, 0) is 13.0 Å². The van der Waals surface area contributed by atoms with Crippen LogP contribution in [0, 0.1) is 12.7 Å². The fourth-order valence-electron chi connectivity index (χ4n) is 3.26. The summed E-state index contributed by atoms with van der Waals surface area (Å²) in [5.41, 5.74) is 2.37. The molecule has 2 aromatic rings. The van der Waals surface area contributed by atoms with Crippen LogP contribution in [0.15, 0.2) is 24.3 Å². The Bertz CT molecular complexity index is 713. The number of aromatic nitrogens is 2. The first-order valence-corrected chi connectivity index (χ1v) is 8.56. The van der Waals surface area contributed by atoms with Gasteiger partial charge in [0.25, 0.3) is 0 Å². The summed E-state index contributed by atoms with van der Waals surface area (Å²) in [4.78, 5) is 2.27. The number of halogens is 1. The van der Waals surface area contributed by atoms with Crippen molar-refractivity contribution >= 4 is 5.82 Å². The van der Waals surface area contributed by atoms with E-state index in [2.05, 4.69) is 15.3 Å². The highest BCUT2D eigenvalue weighted by atomic mass is 19.1. The molecule has 1 fully saturated rings. The van der Waals surface area contributed by atoms with E-state index in [9.17, 15) is 9.50 Å². The smallest absolute Gasteiger partial charge is 0.131 e. The van der Waals surface area contributed by atoms with Gasteiger partial charge in [0.1, 0.15) is 11.6 Å². The molecule has 1 aromatic carbocycles. The zero-order chi connectivity index (χ0) is 17.8. The average molecular weight is 348 g/mol. The minimum absolute atomic E-state index is 0.276. The van der Waals surface area contributed by atoms with Gasteiger partial charge in [-0.1, -0.05) is 18.2 Å². The van der Waals surface area contributed by atoms with Crippen molar-refractivity contribution < 1.29 is 14.2 Å². The number of hydrogen-bond acceptors (Lipinski definition) is 5. The standard InChI is InChI=1S/C18H25FN4O2/c1-13-15(18(22(2)21-13)23-7-9-25-10-8-23)11-20-12-17(24)14-5-3-4-6-16(14)19/h3-6,17,20,24H,7-12H2,1-2H3. The molecular weight excluding hydrogens is 323 g/mol. The molecule has 1 atom stereocenters. The lowest BCUT2D eigenvalue weighted by Gasteiger charge is -2.29. The molecule has 1 unspecified atom stereocenters. The average Bonchev–Trinajstić information content (AvgIpc) is 2.89. The Kier molecular flexibility index (Phi) is 5.67. The second-order valence-electron chi connectivity index (χ2n) is 6.28. The van der Waals surface area contributed by atoms with Crippen molar-refractivity contribution in [3.05, 3.63) is 46.9 Å². The van der Waals surface area contributed by atoms with Gasteiger partial charge < -0.3 is 20.1 Å². The summed E-state index contributed by atoms with van der Waals surface area (Å²) in [6, 6.07) is 6.31. The molecule has 6 nitrogen and oxygen atoms in total. The Labute approximate surface area is 147 Å². The van der Waals surface area contributed by atoms with E-state index in [1.54, 1.807) is 18.2 Å². The zero-order valence-electron chi connectivity index (χ0n) is 14.7. The Balaban J connectivity index is 1.66. The van der Waals surface area contributed by atoms with Gasteiger partial charge in [0.15, 0.2) is 0 Å². The molecule has 3 rings (SSSR count). The first-order valence-electron chi connectivity index (χ1n) is 8.56. The number of aliphatic hydroxyl groups excluding tert-OH is 1. The number of aryl methyl sites for hydroxylation is 2. The van der Waals surface area contributed by atoms with E-state index in [1.165, 1.54) is 6.07 Å². The third-order valence-corrected chi connectivity index (χ3v) is 4.53. The van der Waals surface area contributed by atoms with Crippen LogP contribution in [-0.4, -0.2) is 47.7 Å². The molecule has 2 heterocycles. The lowest BCUT2D eigenvalue weighted by molar-refractivity contribution is 0.122. The van der Waals surface area contributed by atoms with Crippen molar-refractivity contribution in [1.29, 1.82) is 0 Å². The van der Waals surface area contributed by atoms with Gasteiger partial charge >= 0.3 is 0 Å². The van der Waals surface area contributed by atoms with Crippen LogP contribution >= 0.6 is 0 Å². The molecule has 136 valence electrons. The molecule has 25 heavy (non-hydrogen) atoms. The third-order valence-electron chi connectivity index (χ3n) is 4.53. The van der Waals surface area contributed by atoms with Crippen molar-refractivity contribution in [2.24, 2.45) is 7.05 Å². The van der Waals surface area contributed by atoms with Crippen LogP contribution in [0.3, 0.4) is 0 Å². The van der Waals surface area contributed by atoms with Crippen LogP contribution in [0.1, 0.15) is 22.9 Å². The van der Waals surface area contributed by atoms with Gasteiger partial charge in [-0.3, -0.25) is 4.68 Å². The summed E-state index contributed by atoms with van der Waals surface area (Å²) in [7, 11) is 1.94. The van der Waals surface area contributed by atoms with E-state index in [-0.39, 0.29) is 12.4 Å². The van der Waals surface area contributed by atoms with Crippen LogP contribution in [-0.2, 0) is 18.3 Å². The third kappa shape index (κ3) is 4.00. The normalized spacial score (nSPS) is 16.2.